The lowest BCUT2D eigenvalue weighted by Gasteiger charge is -2.19. The molecule has 7 heteroatoms. The molecule has 98 valence electrons. The van der Waals surface area contributed by atoms with Gasteiger partial charge in [-0.2, -0.15) is 8.42 Å². The van der Waals surface area contributed by atoms with Crippen LogP contribution >= 0.6 is 11.6 Å². The van der Waals surface area contributed by atoms with Crippen LogP contribution in [-0.2, 0) is 10.1 Å². The van der Waals surface area contributed by atoms with E-state index in [0.717, 1.165) is 12.8 Å². The Morgan fingerprint density at radius 1 is 1.38 bits per heavy atom. The largest absolute Gasteiger partial charge is 0.391 e. The average Bonchev–Trinajstić information content (AvgIpc) is 2.10. The number of aliphatic hydroxyl groups excluding tert-OH is 1. The molecule has 0 saturated carbocycles. The SMILES string of the molecule is CCCC(Cl)CCNC(C(C)O)S(=O)(=O)O. The molecule has 0 bridgehead atoms. The maximum absolute atomic E-state index is 10.9. The van der Waals surface area contributed by atoms with E-state index in [2.05, 4.69) is 5.32 Å². The first kappa shape index (κ1) is 16.1. The van der Waals surface area contributed by atoms with Gasteiger partial charge < -0.3 is 5.11 Å². The van der Waals surface area contributed by atoms with E-state index in [1.165, 1.54) is 6.92 Å². The summed E-state index contributed by atoms with van der Waals surface area (Å²) in [7, 11) is -4.28. The summed E-state index contributed by atoms with van der Waals surface area (Å²) in [4.78, 5) is 0. The highest BCUT2D eigenvalue weighted by Gasteiger charge is 2.27. The van der Waals surface area contributed by atoms with E-state index in [9.17, 15) is 13.5 Å². The van der Waals surface area contributed by atoms with Crippen LogP contribution in [-0.4, -0.2) is 41.5 Å². The van der Waals surface area contributed by atoms with Crippen molar-refractivity contribution in [2.45, 2.75) is 50.0 Å². The van der Waals surface area contributed by atoms with Crippen LogP contribution in [0.4, 0.5) is 0 Å². The standard InChI is InChI=1S/C9H20ClNO4S/c1-3-4-8(10)5-6-11-9(7(2)12)16(13,14)15/h7-9,11-12H,3-6H2,1-2H3,(H,13,14,15). The summed E-state index contributed by atoms with van der Waals surface area (Å²) in [5.74, 6) is 0. The van der Waals surface area contributed by atoms with Gasteiger partial charge in [-0.25, -0.2) is 0 Å². The average molecular weight is 274 g/mol. The molecular weight excluding hydrogens is 254 g/mol. The molecule has 0 aromatic rings. The third-order valence-corrected chi connectivity index (χ3v) is 3.80. The zero-order valence-corrected chi connectivity index (χ0v) is 11.1. The van der Waals surface area contributed by atoms with E-state index >= 15 is 0 Å². The van der Waals surface area contributed by atoms with E-state index in [-0.39, 0.29) is 5.38 Å². The predicted molar refractivity (Wildman–Crippen MR) is 64.2 cm³/mol. The summed E-state index contributed by atoms with van der Waals surface area (Å²) in [6, 6.07) is 0. The maximum atomic E-state index is 10.9. The quantitative estimate of drug-likeness (QED) is 0.453. The second kappa shape index (κ2) is 7.45. The summed E-state index contributed by atoms with van der Waals surface area (Å²) in [6.07, 6.45) is 1.24. The Morgan fingerprint density at radius 2 is 1.94 bits per heavy atom. The van der Waals surface area contributed by atoms with E-state index in [0.29, 0.717) is 13.0 Å². The fraction of sp³-hybridized carbons (Fsp3) is 1.00. The highest BCUT2D eigenvalue weighted by atomic mass is 35.5. The summed E-state index contributed by atoms with van der Waals surface area (Å²) >= 11 is 5.94. The number of alkyl halides is 1. The molecule has 0 fully saturated rings. The number of nitrogens with one attached hydrogen (secondary N) is 1. The molecule has 3 atom stereocenters. The second-order valence-electron chi connectivity index (χ2n) is 3.80. The lowest BCUT2D eigenvalue weighted by Crippen LogP contribution is -2.45. The van der Waals surface area contributed by atoms with E-state index in [1.54, 1.807) is 0 Å². The van der Waals surface area contributed by atoms with Crippen LogP contribution in [0.15, 0.2) is 0 Å². The molecule has 0 amide bonds. The fourth-order valence-corrected chi connectivity index (χ4v) is 2.52. The van der Waals surface area contributed by atoms with E-state index < -0.39 is 21.6 Å². The van der Waals surface area contributed by atoms with Gasteiger partial charge in [0.25, 0.3) is 10.1 Å². The Kier molecular flexibility index (Phi) is 7.50. The first-order valence-corrected chi connectivity index (χ1v) is 7.24. The molecule has 0 rings (SSSR count). The van der Waals surface area contributed by atoms with Gasteiger partial charge in [0.15, 0.2) is 5.37 Å². The maximum Gasteiger partial charge on any atom is 0.283 e. The minimum atomic E-state index is -4.28. The Hall–Kier alpha value is 0.120. The smallest absolute Gasteiger partial charge is 0.283 e. The van der Waals surface area contributed by atoms with Gasteiger partial charge in [0, 0.05) is 5.38 Å². The molecular formula is C9H20ClNO4S. The summed E-state index contributed by atoms with van der Waals surface area (Å²) in [5, 5.41) is 10.4. The van der Waals surface area contributed by atoms with Crippen molar-refractivity contribution in [3.05, 3.63) is 0 Å². The predicted octanol–water partition coefficient (Wildman–Crippen LogP) is 0.968. The highest BCUT2D eigenvalue weighted by Crippen LogP contribution is 2.09. The van der Waals surface area contributed by atoms with Crippen molar-refractivity contribution in [1.29, 1.82) is 0 Å². The van der Waals surface area contributed by atoms with Crippen molar-refractivity contribution >= 4 is 21.7 Å². The number of hydrogen-bond donors (Lipinski definition) is 3. The lowest BCUT2D eigenvalue weighted by atomic mass is 10.2. The minimum Gasteiger partial charge on any atom is -0.391 e. The number of aliphatic hydroxyl groups is 1. The molecule has 0 spiro atoms. The molecule has 5 nitrogen and oxygen atoms in total. The molecule has 0 aliphatic heterocycles. The van der Waals surface area contributed by atoms with Gasteiger partial charge in [-0.15, -0.1) is 11.6 Å². The van der Waals surface area contributed by atoms with Crippen molar-refractivity contribution < 1.29 is 18.1 Å². The van der Waals surface area contributed by atoms with Crippen LogP contribution in [0.3, 0.4) is 0 Å². The number of rotatable bonds is 8. The molecule has 0 saturated heterocycles. The Bertz CT molecular complexity index is 281. The Morgan fingerprint density at radius 3 is 2.31 bits per heavy atom. The van der Waals surface area contributed by atoms with Crippen molar-refractivity contribution in [2.24, 2.45) is 0 Å². The molecule has 3 N–H and O–H groups in total. The van der Waals surface area contributed by atoms with Crippen LogP contribution in [0.5, 0.6) is 0 Å². The van der Waals surface area contributed by atoms with Gasteiger partial charge in [-0.1, -0.05) is 13.3 Å². The van der Waals surface area contributed by atoms with Crippen LogP contribution < -0.4 is 5.32 Å². The first-order valence-electron chi connectivity index (χ1n) is 5.30. The van der Waals surface area contributed by atoms with Crippen LogP contribution in [0.25, 0.3) is 0 Å². The summed E-state index contributed by atoms with van der Waals surface area (Å²) in [6.45, 7) is 3.65. The monoisotopic (exact) mass is 273 g/mol. The normalized spacial score (nSPS) is 18.1. The zero-order valence-electron chi connectivity index (χ0n) is 9.56. The molecule has 16 heavy (non-hydrogen) atoms. The Balaban J connectivity index is 4.06. The summed E-state index contributed by atoms with van der Waals surface area (Å²) in [5.41, 5.74) is 0. The molecule has 0 radical (unpaired) electrons. The molecule has 0 aromatic heterocycles. The van der Waals surface area contributed by atoms with E-state index in [1.807, 2.05) is 6.92 Å². The van der Waals surface area contributed by atoms with Crippen molar-refractivity contribution in [3.63, 3.8) is 0 Å². The minimum absolute atomic E-state index is 0.0199. The van der Waals surface area contributed by atoms with Crippen molar-refractivity contribution in [2.75, 3.05) is 6.54 Å². The van der Waals surface area contributed by atoms with Crippen molar-refractivity contribution in [1.82, 2.24) is 5.32 Å². The molecule has 0 heterocycles. The Labute approximate surface area is 102 Å². The second-order valence-corrected chi connectivity index (χ2v) is 5.96. The molecule has 0 aliphatic carbocycles. The molecule has 0 aromatic carbocycles. The topological polar surface area (TPSA) is 86.6 Å². The molecule has 0 aliphatic rings. The van der Waals surface area contributed by atoms with Gasteiger partial charge in [0.1, 0.15) is 0 Å². The number of halogens is 1. The van der Waals surface area contributed by atoms with Gasteiger partial charge in [0.05, 0.1) is 6.10 Å². The number of hydrogen-bond acceptors (Lipinski definition) is 4. The fourth-order valence-electron chi connectivity index (χ4n) is 1.36. The van der Waals surface area contributed by atoms with Gasteiger partial charge >= 0.3 is 0 Å². The zero-order chi connectivity index (χ0) is 12.8. The third kappa shape index (κ3) is 6.65. The third-order valence-electron chi connectivity index (χ3n) is 2.16. The van der Waals surface area contributed by atoms with Gasteiger partial charge in [-0.05, 0) is 26.3 Å². The van der Waals surface area contributed by atoms with Gasteiger partial charge in [0.2, 0.25) is 0 Å². The van der Waals surface area contributed by atoms with Crippen LogP contribution in [0.1, 0.15) is 33.1 Å². The first-order chi connectivity index (χ1) is 7.29. The summed E-state index contributed by atoms with van der Waals surface area (Å²) < 4.78 is 30.6. The van der Waals surface area contributed by atoms with Gasteiger partial charge in [-0.3, -0.25) is 9.87 Å². The van der Waals surface area contributed by atoms with Crippen molar-refractivity contribution in [3.8, 4) is 0 Å². The van der Waals surface area contributed by atoms with Crippen LogP contribution in [0, 0.1) is 0 Å². The lowest BCUT2D eigenvalue weighted by molar-refractivity contribution is 0.170. The molecule has 3 unspecified atom stereocenters. The van der Waals surface area contributed by atoms with Crippen LogP contribution in [0.2, 0.25) is 0 Å². The highest BCUT2D eigenvalue weighted by molar-refractivity contribution is 7.86. The van der Waals surface area contributed by atoms with E-state index in [4.69, 9.17) is 16.2 Å².